The van der Waals surface area contributed by atoms with Gasteiger partial charge in [-0.05, 0) is 42.0 Å². The Hall–Kier alpha value is -2.82. The Morgan fingerprint density at radius 2 is 1.73 bits per heavy atom. The van der Waals surface area contributed by atoms with Gasteiger partial charge < -0.3 is 15.3 Å². The van der Waals surface area contributed by atoms with Gasteiger partial charge in [-0.15, -0.1) is 0 Å². The molecule has 5 heteroatoms. The number of carbonyl (C=O) groups excluding carboxylic acids is 1. The van der Waals surface area contributed by atoms with Crippen LogP contribution < -0.4 is 10.2 Å². The van der Waals surface area contributed by atoms with Gasteiger partial charge >= 0.3 is 5.97 Å². The number of benzene rings is 2. The van der Waals surface area contributed by atoms with Gasteiger partial charge in [-0.2, -0.15) is 0 Å². The normalized spacial score (nSPS) is 10.1. The van der Waals surface area contributed by atoms with Crippen LogP contribution in [0.15, 0.2) is 48.5 Å². The molecule has 0 aliphatic rings. The molecule has 2 aromatic rings. The van der Waals surface area contributed by atoms with Gasteiger partial charge in [0.15, 0.2) is 0 Å². The first-order chi connectivity index (χ1) is 10.5. The predicted octanol–water partition coefficient (Wildman–Crippen LogP) is 2.38. The Morgan fingerprint density at radius 3 is 2.32 bits per heavy atom. The zero-order valence-corrected chi connectivity index (χ0v) is 12.5. The van der Waals surface area contributed by atoms with Crippen molar-refractivity contribution in [3.05, 3.63) is 65.2 Å². The highest BCUT2D eigenvalue weighted by molar-refractivity contribution is 5.94. The largest absolute Gasteiger partial charge is 0.478 e. The summed E-state index contributed by atoms with van der Waals surface area (Å²) in [4.78, 5) is 24.9. The molecule has 0 aliphatic heterocycles. The van der Waals surface area contributed by atoms with E-state index >= 15 is 0 Å². The molecule has 0 bridgehead atoms. The first-order valence-corrected chi connectivity index (χ1v) is 6.85. The maximum atomic E-state index is 12.1. The molecule has 2 aromatic carbocycles. The minimum atomic E-state index is -0.979. The second-order valence-electron chi connectivity index (χ2n) is 5.13. The molecule has 5 nitrogen and oxygen atoms in total. The molecule has 22 heavy (non-hydrogen) atoms. The lowest BCUT2D eigenvalue weighted by Crippen LogP contribution is -2.23. The summed E-state index contributed by atoms with van der Waals surface area (Å²) in [5, 5.41) is 11.7. The van der Waals surface area contributed by atoms with Crippen LogP contribution in [0.25, 0.3) is 0 Å². The van der Waals surface area contributed by atoms with Gasteiger partial charge in [-0.1, -0.05) is 12.1 Å². The van der Waals surface area contributed by atoms with Crippen molar-refractivity contribution >= 4 is 17.6 Å². The molecule has 114 valence electrons. The molecule has 1 amide bonds. The first-order valence-electron chi connectivity index (χ1n) is 6.85. The van der Waals surface area contributed by atoms with E-state index in [-0.39, 0.29) is 18.0 Å². The summed E-state index contributed by atoms with van der Waals surface area (Å²) in [6.45, 7) is 0.287. The van der Waals surface area contributed by atoms with Gasteiger partial charge in [0, 0.05) is 31.9 Å². The summed E-state index contributed by atoms with van der Waals surface area (Å²) >= 11 is 0. The van der Waals surface area contributed by atoms with Crippen LogP contribution in [0, 0.1) is 0 Å². The molecule has 0 atom stereocenters. The average molecular weight is 298 g/mol. The van der Waals surface area contributed by atoms with Crippen LogP contribution >= 0.6 is 0 Å². The number of carboxylic acids is 1. The number of carboxylic acid groups (broad SMARTS) is 1. The van der Waals surface area contributed by atoms with E-state index in [1.165, 1.54) is 6.07 Å². The lowest BCUT2D eigenvalue weighted by atomic mass is 10.1. The van der Waals surface area contributed by atoms with Crippen molar-refractivity contribution in [2.45, 2.75) is 6.54 Å². The number of hydrogen-bond donors (Lipinski definition) is 2. The molecule has 0 radical (unpaired) electrons. The van der Waals surface area contributed by atoms with Gasteiger partial charge in [0.25, 0.3) is 5.91 Å². The number of aromatic carboxylic acids is 1. The lowest BCUT2D eigenvalue weighted by Gasteiger charge is -2.12. The van der Waals surface area contributed by atoms with E-state index in [0.717, 1.165) is 11.3 Å². The van der Waals surface area contributed by atoms with Crippen LogP contribution in [0.4, 0.5) is 5.69 Å². The van der Waals surface area contributed by atoms with E-state index in [9.17, 15) is 9.59 Å². The van der Waals surface area contributed by atoms with E-state index in [0.29, 0.717) is 5.56 Å². The van der Waals surface area contributed by atoms with Gasteiger partial charge in [0.1, 0.15) is 0 Å². The summed E-state index contributed by atoms with van der Waals surface area (Å²) in [5.74, 6) is -1.17. The van der Waals surface area contributed by atoms with E-state index in [2.05, 4.69) is 5.32 Å². The van der Waals surface area contributed by atoms with Crippen LogP contribution in [0.5, 0.6) is 0 Å². The topological polar surface area (TPSA) is 69.6 Å². The highest BCUT2D eigenvalue weighted by Crippen LogP contribution is 2.12. The van der Waals surface area contributed by atoms with E-state index in [4.69, 9.17) is 5.11 Å². The van der Waals surface area contributed by atoms with Gasteiger partial charge in [0.2, 0.25) is 0 Å². The molecule has 0 saturated carbocycles. The van der Waals surface area contributed by atoms with Crippen molar-refractivity contribution in [1.29, 1.82) is 0 Å². The molecule has 2 rings (SSSR count). The summed E-state index contributed by atoms with van der Waals surface area (Å²) < 4.78 is 0. The fraction of sp³-hybridized carbons (Fsp3) is 0.176. The maximum Gasteiger partial charge on any atom is 0.335 e. The Kier molecular flexibility index (Phi) is 4.78. The van der Waals surface area contributed by atoms with Crippen molar-refractivity contribution in [2.24, 2.45) is 0 Å². The van der Waals surface area contributed by atoms with E-state index in [1.54, 1.807) is 30.3 Å². The zero-order chi connectivity index (χ0) is 16.1. The Bertz CT molecular complexity index is 679. The Balaban J connectivity index is 2.00. The summed E-state index contributed by atoms with van der Waals surface area (Å²) in [6, 6.07) is 13.8. The molecule has 0 spiro atoms. The fourth-order valence-corrected chi connectivity index (χ4v) is 2.01. The molecule has 0 aliphatic carbocycles. The number of rotatable bonds is 5. The first kappa shape index (κ1) is 15.6. The van der Waals surface area contributed by atoms with Crippen LogP contribution in [0.1, 0.15) is 26.3 Å². The van der Waals surface area contributed by atoms with Gasteiger partial charge in [0.05, 0.1) is 5.56 Å². The van der Waals surface area contributed by atoms with E-state index < -0.39 is 5.97 Å². The summed E-state index contributed by atoms with van der Waals surface area (Å²) in [7, 11) is 3.87. The van der Waals surface area contributed by atoms with E-state index in [1.807, 2.05) is 31.1 Å². The van der Waals surface area contributed by atoms with Gasteiger partial charge in [-0.3, -0.25) is 4.79 Å². The van der Waals surface area contributed by atoms with Crippen molar-refractivity contribution in [1.82, 2.24) is 5.32 Å². The second-order valence-corrected chi connectivity index (χ2v) is 5.13. The number of carbonyl (C=O) groups is 2. The quantitative estimate of drug-likeness (QED) is 0.889. The minimum absolute atomic E-state index is 0.189. The molecule has 2 N–H and O–H groups in total. The summed E-state index contributed by atoms with van der Waals surface area (Å²) in [5.41, 5.74) is 2.55. The highest BCUT2D eigenvalue weighted by atomic mass is 16.4. The SMILES string of the molecule is CN(C)c1ccc(C(=O)NCc2cccc(C(=O)O)c2)cc1. The van der Waals surface area contributed by atoms with Crippen molar-refractivity contribution in [2.75, 3.05) is 19.0 Å². The number of nitrogens with one attached hydrogen (secondary N) is 1. The smallest absolute Gasteiger partial charge is 0.335 e. The van der Waals surface area contributed by atoms with Gasteiger partial charge in [-0.25, -0.2) is 4.79 Å². The average Bonchev–Trinajstić information content (AvgIpc) is 2.53. The Labute approximate surface area is 129 Å². The lowest BCUT2D eigenvalue weighted by molar-refractivity contribution is 0.0696. The van der Waals surface area contributed by atoms with Crippen molar-refractivity contribution < 1.29 is 14.7 Å². The van der Waals surface area contributed by atoms with Crippen LogP contribution in [-0.4, -0.2) is 31.1 Å². The minimum Gasteiger partial charge on any atom is -0.478 e. The van der Waals surface area contributed by atoms with Crippen LogP contribution in [-0.2, 0) is 6.54 Å². The molecular formula is C17H18N2O3. The third kappa shape index (κ3) is 3.85. The Morgan fingerprint density at radius 1 is 1.05 bits per heavy atom. The predicted molar refractivity (Wildman–Crippen MR) is 85.3 cm³/mol. The summed E-state index contributed by atoms with van der Waals surface area (Å²) in [6.07, 6.45) is 0. The molecule has 0 saturated heterocycles. The zero-order valence-electron chi connectivity index (χ0n) is 12.5. The third-order valence-electron chi connectivity index (χ3n) is 3.27. The molecule has 0 unspecified atom stereocenters. The number of nitrogens with zero attached hydrogens (tertiary/aromatic N) is 1. The fourth-order valence-electron chi connectivity index (χ4n) is 2.01. The number of anilines is 1. The second kappa shape index (κ2) is 6.76. The van der Waals surface area contributed by atoms with Crippen LogP contribution in [0.3, 0.4) is 0 Å². The van der Waals surface area contributed by atoms with Crippen LogP contribution in [0.2, 0.25) is 0 Å². The molecular weight excluding hydrogens is 280 g/mol. The maximum absolute atomic E-state index is 12.1. The van der Waals surface area contributed by atoms with Crippen molar-refractivity contribution in [3.63, 3.8) is 0 Å². The monoisotopic (exact) mass is 298 g/mol. The number of hydrogen-bond acceptors (Lipinski definition) is 3. The molecule has 0 fully saturated rings. The third-order valence-corrected chi connectivity index (χ3v) is 3.27. The number of amides is 1. The standard InChI is InChI=1S/C17H18N2O3/c1-19(2)15-8-6-13(7-9-15)16(20)18-11-12-4-3-5-14(10-12)17(21)22/h3-10H,11H2,1-2H3,(H,18,20)(H,21,22). The molecule has 0 heterocycles. The molecule has 0 aromatic heterocycles. The van der Waals surface area contributed by atoms with Crippen molar-refractivity contribution in [3.8, 4) is 0 Å². The highest BCUT2D eigenvalue weighted by Gasteiger charge is 2.07.